The van der Waals surface area contributed by atoms with Crippen molar-refractivity contribution in [2.75, 3.05) is 30.9 Å². The van der Waals surface area contributed by atoms with Gasteiger partial charge in [0.15, 0.2) is 0 Å². The van der Waals surface area contributed by atoms with Crippen LogP contribution >= 0.6 is 0 Å². The second kappa shape index (κ2) is 7.63. The molecule has 0 saturated carbocycles. The Morgan fingerprint density at radius 2 is 2.11 bits per heavy atom. The third-order valence-electron chi connectivity index (χ3n) is 2.54. The Bertz CT molecular complexity index is 421. The molecule has 5 nitrogen and oxygen atoms in total. The van der Waals surface area contributed by atoms with Crippen LogP contribution in [0.15, 0.2) is 18.2 Å². The summed E-state index contributed by atoms with van der Waals surface area (Å²) in [6.07, 6.45) is 0. The second-order valence-electron chi connectivity index (χ2n) is 4.23. The highest BCUT2D eigenvalue weighted by Crippen LogP contribution is 2.21. The number of hydrogen-bond acceptors (Lipinski definition) is 5. The van der Waals surface area contributed by atoms with E-state index in [2.05, 4.69) is 5.32 Å². The predicted octanol–water partition coefficient (Wildman–Crippen LogP) is 2.28. The zero-order valence-corrected chi connectivity index (χ0v) is 11.7. The number of carbonyl (C=O) groups excluding carboxylic acids is 1. The number of benzene rings is 1. The number of hydrogen-bond donors (Lipinski definition) is 2. The predicted molar refractivity (Wildman–Crippen MR) is 76.4 cm³/mol. The highest BCUT2D eigenvalue weighted by Gasteiger charge is 2.11. The Labute approximate surface area is 114 Å². The van der Waals surface area contributed by atoms with Gasteiger partial charge in [-0.2, -0.15) is 0 Å². The van der Waals surface area contributed by atoms with Gasteiger partial charge in [-0.15, -0.1) is 0 Å². The first-order valence-corrected chi connectivity index (χ1v) is 6.49. The van der Waals surface area contributed by atoms with Gasteiger partial charge in [-0.1, -0.05) is 0 Å². The Morgan fingerprint density at radius 1 is 1.37 bits per heavy atom. The maximum atomic E-state index is 11.7. The largest absolute Gasteiger partial charge is 0.462 e. The Kier molecular flexibility index (Phi) is 6.15. The van der Waals surface area contributed by atoms with Gasteiger partial charge in [0.25, 0.3) is 0 Å². The standard InChI is InChI=1S/C14H22N2O3/c1-4-18-9-10(3)16-13-8-11(6-7-12(13)15)14(17)19-5-2/h6-8,10,16H,4-5,9,15H2,1-3H3. The molecule has 106 valence electrons. The quantitative estimate of drug-likeness (QED) is 0.585. The van der Waals surface area contributed by atoms with Gasteiger partial charge < -0.3 is 20.5 Å². The maximum Gasteiger partial charge on any atom is 0.338 e. The van der Waals surface area contributed by atoms with Crippen molar-refractivity contribution in [3.8, 4) is 0 Å². The molecule has 0 aromatic heterocycles. The van der Waals surface area contributed by atoms with E-state index in [0.717, 1.165) is 5.69 Å². The first-order valence-electron chi connectivity index (χ1n) is 6.49. The van der Waals surface area contributed by atoms with Crippen LogP contribution in [0, 0.1) is 0 Å². The monoisotopic (exact) mass is 266 g/mol. The molecule has 0 aliphatic rings. The van der Waals surface area contributed by atoms with E-state index in [1.54, 1.807) is 25.1 Å². The van der Waals surface area contributed by atoms with Gasteiger partial charge in [-0.25, -0.2) is 4.79 Å². The van der Waals surface area contributed by atoms with Crippen LogP contribution in [0.1, 0.15) is 31.1 Å². The van der Waals surface area contributed by atoms with E-state index in [-0.39, 0.29) is 12.0 Å². The van der Waals surface area contributed by atoms with E-state index in [0.29, 0.717) is 31.1 Å². The molecule has 0 aliphatic carbocycles. The fourth-order valence-electron chi connectivity index (χ4n) is 1.62. The molecule has 0 amide bonds. The summed E-state index contributed by atoms with van der Waals surface area (Å²) in [4.78, 5) is 11.7. The minimum absolute atomic E-state index is 0.111. The number of nitrogens with one attached hydrogen (secondary N) is 1. The Balaban J connectivity index is 2.76. The average molecular weight is 266 g/mol. The van der Waals surface area contributed by atoms with Gasteiger partial charge in [-0.05, 0) is 39.0 Å². The molecule has 0 radical (unpaired) electrons. The molecule has 1 unspecified atom stereocenters. The molecular weight excluding hydrogens is 244 g/mol. The average Bonchev–Trinajstić information content (AvgIpc) is 2.39. The van der Waals surface area contributed by atoms with Gasteiger partial charge in [-0.3, -0.25) is 0 Å². The lowest BCUT2D eigenvalue weighted by molar-refractivity contribution is 0.0526. The minimum Gasteiger partial charge on any atom is -0.462 e. The summed E-state index contributed by atoms with van der Waals surface area (Å²) in [5, 5.41) is 3.22. The van der Waals surface area contributed by atoms with E-state index in [1.165, 1.54) is 0 Å². The molecule has 19 heavy (non-hydrogen) atoms. The third-order valence-corrected chi connectivity index (χ3v) is 2.54. The van der Waals surface area contributed by atoms with Gasteiger partial charge in [0.05, 0.1) is 30.2 Å². The van der Waals surface area contributed by atoms with Gasteiger partial charge in [0.2, 0.25) is 0 Å². The maximum absolute atomic E-state index is 11.7. The fourth-order valence-corrected chi connectivity index (χ4v) is 1.62. The summed E-state index contributed by atoms with van der Waals surface area (Å²) in [5.74, 6) is -0.344. The van der Waals surface area contributed by atoms with Crippen LogP contribution in [0.5, 0.6) is 0 Å². The molecule has 1 atom stereocenters. The summed E-state index contributed by atoms with van der Waals surface area (Å²) < 4.78 is 10.3. The molecule has 0 fully saturated rings. The molecule has 0 heterocycles. The zero-order valence-electron chi connectivity index (χ0n) is 11.7. The van der Waals surface area contributed by atoms with Crippen LogP contribution in [-0.2, 0) is 9.47 Å². The summed E-state index contributed by atoms with van der Waals surface area (Å²) >= 11 is 0. The number of nitrogen functional groups attached to an aromatic ring is 1. The van der Waals surface area contributed by atoms with Crippen molar-refractivity contribution in [1.82, 2.24) is 0 Å². The molecule has 0 aliphatic heterocycles. The van der Waals surface area contributed by atoms with E-state index in [1.807, 2.05) is 13.8 Å². The number of rotatable bonds is 7. The molecule has 0 bridgehead atoms. The SMILES string of the molecule is CCOCC(C)Nc1cc(C(=O)OCC)ccc1N. The second-order valence-corrected chi connectivity index (χ2v) is 4.23. The molecule has 0 spiro atoms. The summed E-state index contributed by atoms with van der Waals surface area (Å²) in [7, 11) is 0. The van der Waals surface area contributed by atoms with Gasteiger partial charge >= 0.3 is 5.97 Å². The molecular formula is C14H22N2O3. The number of ether oxygens (including phenoxy) is 2. The van der Waals surface area contributed by atoms with Crippen LogP contribution in [0.25, 0.3) is 0 Å². The number of nitrogens with two attached hydrogens (primary N) is 1. The van der Waals surface area contributed by atoms with Crippen molar-refractivity contribution < 1.29 is 14.3 Å². The lowest BCUT2D eigenvalue weighted by atomic mass is 10.1. The first-order chi connectivity index (χ1) is 9.08. The van der Waals surface area contributed by atoms with Crippen LogP contribution in [0.4, 0.5) is 11.4 Å². The Hall–Kier alpha value is -1.75. The van der Waals surface area contributed by atoms with Crippen LogP contribution < -0.4 is 11.1 Å². The lowest BCUT2D eigenvalue weighted by Gasteiger charge is -2.17. The molecule has 1 rings (SSSR count). The highest BCUT2D eigenvalue weighted by atomic mass is 16.5. The van der Waals surface area contributed by atoms with E-state index in [4.69, 9.17) is 15.2 Å². The van der Waals surface area contributed by atoms with Crippen LogP contribution in [0.3, 0.4) is 0 Å². The lowest BCUT2D eigenvalue weighted by Crippen LogP contribution is -2.22. The van der Waals surface area contributed by atoms with Crippen molar-refractivity contribution >= 4 is 17.3 Å². The summed E-state index contributed by atoms with van der Waals surface area (Å²) in [6, 6.07) is 5.17. The number of anilines is 2. The van der Waals surface area contributed by atoms with Crippen molar-refractivity contribution in [3.05, 3.63) is 23.8 Å². The third kappa shape index (κ3) is 4.79. The zero-order chi connectivity index (χ0) is 14.3. The van der Waals surface area contributed by atoms with Crippen LogP contribution in [-0.4, -0.2) is 31.8 Å². The smallest absolute Gasteiger partial charge is 0.338 e. The fraction of sp³-hybridized carbons (Fsp3) is 0.500. The van der Waals surface area contributed by atoms with Crippen LogP contribution in [0.2, 0.25) is 0 Å². The summed E-state index contributed by atoms with van der Waals surface area (Å²) in [5.41, 5.74) is 7.69. The van der Waals surface area contributed by atoms with Gasteiger partial charge in [0, 0.05) is 12.6 Å². The van der Waals surface area contributed by atoms with Gasteiger partial charge in [0.1, 0.15) is 0 Å². The molecule has 1 aromatic carbocycles. The first kappa shape index (κ1) is 15.3. The molecule has 1 aromatic rings. The molecule has 5 heteroatoms. The van der Waals surface area contributed by atoms with Crippen molar-refractivity contribution in [3.63, 3.8) is 0 Å². The molecule has 3 N–H and O–H groups in total. The minimum atomic E-state index is -0.344. The van der Waals surface area contributed by atoms with Crippen molar-refractivity contribution in [2.45, 2.75) is 26.8 Å². The van der Waals surface area contributed by atoms with E-state index in [9.17, 15) is 4.79 Å². The number of esters is 1. The number of carbonyl (C=O) groups is 1. The normalized spacial score (nSPS) is 11.9. The highest BCUT2D eigenvalue weighted by molar-refractivity contribution is 5.92. The van der Waals surface area contributed by atoms with E-state index >= 15 is 0 Å². The van der Waals surface area contributed by atoms with Crippen molar-refractivity contribution in [1.29, 1.82) is 0 Å². The molecule has 0 saturated heterocycles. The topological polar surface area (TPSA) is 73.6 Å². The summed E-state index contributed by atoms with van der Waals surface area (Å²) in [6.45, 7) is 7.32. The Morgan fingerprint density at radius 3 is 2.74 bits per heavy atom. The van der Waals surface area contributed by atoms with E-state index < -0.39 is 0 Å². The van der Waals surface area contributed by atoms with Crippen molar-refractivity contribution in [2.24, 2.45) is 0 Å².